The zero-order valence-electron chi connectivity index (χ0n) is 25.3. The Morgan fingerprint density at radius 3 is 2.33 bits per heavy atom. The molecule has 0 fully saturated rings. The fourth-order valence-electron chi connectivity index (χ4n) is 4.32. The number of amides is 3. The van der Waals surface area contributed by atoms with Gasteiger partial charge in [0.25, 0.3) is 5.91 Å². The van der Waals surface area contributed by atoms with Crippen LogP contribution in [0.1, 0.15) is 48.2 Å². The van der Waals surface area contributed by atoms with Gasteiger partial charge in [-0.05, 0) is 62.7 Å². The van der Waals surface area contributed by atoms with Crippen molar-refractivity contribution in [3.63, 3.8) is 0 Å². The number of hydrogen-bond donors (Lipinski definition) is 5. The Balaban J connectivity index is 0.000000738. The number of hydrogen-bond acceptors (Lipinski definition) is 7. The van der Waals surface area contributed by atoms with Gasteiger partial charge in [0.2, 0.25) is 5.95 Å². The number of urea groups is 1. The first-order valence-corrected chi connectivity index (χ1v) is 14.4. The molecule has 0 saturated heterocycles. The molecule has 5 N–H and O–H groups in total. The largest absolute Gasteiger partial charge is 0.490 e. The van der Waals surface area contributed by atoms with Crippen molar-refractivity contribution >= 4 is 35.4 Å². The van der Waals surface area contributed by atoms with Crippen LogP contribution in [-0.4, -0.2) is 65.3 Å². The number of carboxylic acid groups (broad SMARTS) is 1. The van der Waals surface area contributed by atoms with E-state index < -0.39 is 35.5 Å². The third-order valence-electron chi connectivity index (χ3n) is 6.57. The average molecular weight is 652 g/mol. The van der Waals surface area contributed by atoms with Crippen LogP contribution in [0.4, 0.5) is 44.2 Å². The SMILES string of the molecule is CCCNC(=O)c1ccc(C)c(-c2nc(NCCCNCC)nc3c2CNC(=O)N3c2c(F)cccc2F)c1.O=C(O)C(F)(F)F. The van der Waals surface area contributed by atoms with Crippen molar-refractivity contribution in [3.05, 3.63) is 64.7 Å². The van der Waals surface area contributed by atoms with Gasteiger partial charge in [-0.1, -0.05) is 26.0 Å². The Labute approximate surface area is 261 Å². The molecule has 46 heavy (non-hydrogen) atoms. The van der Waals surface area contributed by atoms with E-state index >= 15 is 0 Å². The molecule has 4 rings (SSSR count). The van der Waals surface area contributed by atoms with E-state index in [9.17, 15) is 31.5 Å². The minimum absolute atomic E-state index is 0.0441. The van der Waals surface area contributed by atoms with Gasteiger partial charge in [-0.3, -0.25) is 4.79 Å². The van der Waals surface area contributed by atoms with Gasteiger partial charge in [0.05, 0.1) is 12.2 Å². The highest BCUT2D eigenvalue weighted by molar-refractivity contribution is 6.02. The number of aryl methyl sites for hydroxylation is 1. The molecule has 0 bridgehead atoms. The number of carbonyl (C=O) groups excluding carboxylic acids is 2. The summed E-state index contributed by atoms with van der Waals surface area (Å²) in [6.45, 7) is 8.62. The number of anilines is 3. The number of nitrogens with zero attached hydrogens (tertiary/aromatic N) is 3. The zero-order chi connectivity index (χ0) is 34.0. The van der Waals surface area contributed by atoms with Crippen LogP contribution in [0.2, 0.25) is 0 Å². The van der Waals surface area contributed by atoms with Crippen molar-refractivity contribution in [1.29, 1.82) is 0 Å². The quantitative estimate of drug-likeness (QED) is 0.139. The minimum Gasteiger partial charge on any atom is -0.475 e. The number of carbonyl (C=O) groups is 3. The first-order valence-electron chi connectivity index (χ1n) is 14.4. The fourth-order valence-corrected chi connectivity index (χ4v) is 4.32. The normalized spacial score (nSPS) is 12.4. The van der Waals surface area contributed by atoms with E-state index in [2.05, 4.69) is 26.3 Å². The summed E-state index contributed by atoms with van der Waals surface area (Å²) >= 11 is 0. The molecule has 0 spiro atoms. The van der Waals surface area contributed by atoms with Crippen LogP contribution >= 0.6 is 0 Å². The van der Waals surface area contributed by atoms with E-state index in [1.165, 1.54) is 6.07 Å². The second kappa shape index (κ2) is 15.9. The summed E-state index contributed by atoms with van der Waals surface area (Å²) in [6.07, 6.45) is -3.50. The third-order valence-corrected chi connectivity index (χ3v) is 6.57. The number of carboxylic acids is 1. The minimum atomic E-state index is -5.08. The lowest BCUT2D eigenvalue weighted by Crippen LogP contribution is -2.43. The predicted octanol–water partition coefficient (Wildman–Crippen LogP) is 5.28. The maximum absolute atomic E-state index is 14.9. The molecule has 1 aliphatic rings. The van der Waals surface area contributed by atoms with E-state index in [-0.39, 0.29) is 24.2 Å². The van der Waals surface area contributed by atoms with Gasteiger partial charge >= 0.3 is 18.2 Å². The number of rotatable bonds is 11. The average Bonchev–Trinajstić information content (AvgIpc) is 3.00. The number of aliphatic carboxylic acids is 1. The molecule has 3 aromatic rings. The van der Waals surface area contributed by atoms with E-state index in [4.69, 9.17) is 14.9 Å². The lowest BCUT2D eigenvalue weighted by molar-refractivity contribution is -0.192. The molecule has 16 heteroatoms. The lowest BCUT2D eigenvalue weighted by Gasteiger charge is -2.31. The number of halogens is 5. The Kier molecular flexibility index (Phi) is 12.3. The molecular formula is C30H34F5N7O4. The van der Waals surface area contributed by atoms with Crippen molar-refractivity contribution < 1.29 is 41.4 Å². The van der Waals surface area contributed by atoms with Crippen LogP contribution in [-0.2, 0) is 11.3 Å². The van der Waals surface area contributed by atoms with Crippen LogP contribution in [0.25, 0.3) is 11.3 Å². The van der Waals surface area contributed by atoms with Crippen LogP contribution in [0.3, 0.4) is 0 Å². The molecular weight excluding hydrogens is 617 g/mol. The van der Waals surface area contributed by atoms with Crippen LogP contribution < -0.4 is 26.2 Å². The van der Waals surface area contributed by atoms with Crippen LogP contribution in [0.15, 0.2) is 36.4 Å². The Bertz CT molecular complexity index is 1550. The van der Waals surface area contributed by atoms with Crippen molar-refractivity contribution in [2.75, 3.05) is 36.4 Å². The fraction of sp³-hybridized carbons (Fsp3) is 0.367. The Hall–Kier alpha value is -4.86. The van der Waals surface area contributed by atoms with Gasteiger partial charge in [-0.25, -0.2) is 28.3 Å². The topological polar surface area (TPSA) is 149 Å². The van der Waals surface area contributed by atoms with Gasteiger partial charge in [-0.15, -0.1) is 0 Å². The molecule has 0 aliphatic carbocycles. The van der Waals surface area contributed by atoms with Gasteiger partial charge in [0.1, 0.15) is 17.3 Å². The first-order chi connectivity index (χ1) is 21.8. The van der Waals surface area contributed by atoms with E-state index in [0.29, 0.717) is 35.5 Å². The maximum atomic E-state index is 14.9. The highest BCUT2D eigenvalue weighted by Crippen LogP contribution is 2.39. The zero-order valence-corrected chi connectivity index (χ0v) is 25.3. The molecule has 1 aromatic heterocycles. The molecule has 0 saturated carbocycles. The highest BCUT2D eigenvalue weighted by Gasteiger charge is 2.38. The van der Waals surface area contributed by atoms with E-state index in [1.807, 2.05) is 26.8 Å². The molecule has 2 aromatic carbocycles. The number of benzene rings is 2. The number of para-hydroxylation sites is 1. The van der Waals surface area contributed by atoms with Gasteiger partial charge in [0, 0.05) is 29.8 Å². The summed E-state index contributed by atoms with van der Waals surface area (Å²) in [5.41, 5.74) is 2.35. The standard InChI is InChI=1S/C28H33F2N7O2.C2HF3O2/c1-4-12-32-26(38)18-11-10-17(3)19(15-18)23-20-16-34-28(39)37(24-21(29)8-6-9-22(24)30)25(20)36-27(35-23)33-14-7-13-31-5-2;3-2(4,5)1(6)7/h6,8-11,15,31H,4-5,7,12-14,16H2,1-3H3,(H,32,38)(H,34,39)(H,33,35,36);(H,6,7). The third kappa shape index (κ3) is 8.87. The first kappa shape index (κ1) is 35.6. The van der Waals surface area contributed by atoms with Gasteiger partial charge in [0.15, 0.2) is 5.82 Å². The van der Waals surface area contributed by atoms with Gasteiger partial charge in [-0.2, -0.15) is 18.2 Å². The highest BCUT2D eigenvalue weighted by atomic mass is 19.4. The summed E-state index contributed by atoms with van der Waals surface area (Å²) < 4.78 is 61.5. The monoisotopic (exact) mass is 651 g/mol. The van der Waals surface area contributed by atoms with Crippen molar-refractivity contribution in [2.24, 2.45) is 0 Å². The van der Waals surface area contributed by atoms with Crippen molar-refractivity contribution in [1.82, 2.24) is 25.9 Å². The molecule has 3 amide bonds. The van der Waals surface area contributed by atoms with E-state index in [1.54, 1.807) is 12.1 Å². The number of nitrogens with one attached hydrogen (secondary N) is 4. The molecule has 0 atom stereocenters. The lowest BCUT2D eigenvalue weighted by atomic mass is 9.97. The Morgan fingerprint density at radius 1 is 1.04 bits per heavy atom. The van der Waals surface area contributed by atoms with Crippen molar-refractivity contribution in [2.45, 2.75) is 46.3 Å². The smallest absolute Gasteiger partial charge is 0.475 e. The summed E-state index contributed by atoms with van der Waals surface area (Å²) in [5, 5.41) is 19.1. The molecule has 11 nitrogen and oxygen atoms in total. The number of aromatic nitrogens is 2. The summed E-state index contributed by atoms with van der Waals surface area (Å²) in [7, 11) is 0. The molecule has 1 aliphatic heterocycles. The summed E-state index contributed by atoms with van der Waals surface area (Å²) in [6, 6.07) is 8.00. The van der Waals surface area contributed by atoms with Crippen molar-refractivity contribution in [3.8, 4) is 11.3 Å². The molecule has 0 radical (unpaired) electrons. The maximum Gasteiger partial charge on any atom is 0.490 e. The second-order valence-electron chi connectivity index (χ2n) is 9.98. The second-order valence-corrected chi connectivity index (χ2v) is 9.98. The summed E-state index contributed by atoms with van der Waals surface area (Å²) in [5.74, 6) is -4.49. The summed E-state index contributed by atoms with van der Waals surface area (Å²) in [4.78, 5) is 44.8. The number of fused-ring (bicyclic) bond motifs is 1. The van der Waals surface area contributed by atoms with Crippen LogP contribution in [0, 0.1) is 18.6 Å². The molecule has 248 valence electrons. The molecule has 0 unspecified atom stereocenters. The number of alkyl halides is 3. The van der Waals surface area contributed by atoms with E-state index in [0.717, 1.165) is 48.5 Å². The van der Waals surface area contributed by atoms with Crippen LogP contribution in [0.5, 0.6) is 0 Å². The predicted molar refractivity (Wildman–Crippen MR) is 161 cm³/mol. The Morgan fingerprint density at radius 2 is 1.72 bits per heavy atom. The van der Waals surface area contributed by atoms with Gasteiger partial charge < -0.3 is 26.4 Å². The molecule has 2 heterocycles.